The summed E-state index contributed by atoms with van der Waals surface area (Å²) in [5.74, 6) is 0. The van der Waals surface area contributed by atoms with Crippen molar-refractivity contribution in [1.29, 1.82) is 0 Å². The molecule has 0 fully saturated rings. The van der Waals surface area contributed by atoms with Crippen molar-refractivity contribution in [2.45, 2.75) is 38.8 Å². The van der Waals surface area contributed by atoms with Gasteiger partial charge in [-0.25, -0.2) is 0 Å². The molecule has 0 atom stereocenters. The molecule has 0 aliphatic carbocycles. The molecule has 0 aliphatic heterocycles. The third-order valence-corrected chi connectivity index (χ3v) is 8.61. The lowest BCUT2D eigenvalue weighted by molar-refractivity contribution is 1.01. The van der Waals surface area contributed by atoms with E-state index in [4.69, 9.17) is 0 Å². The molecule has 2 rings (SSSR count). The van der Waals surface area contributed by atoms with Gasteiger partial charge in [0.2, 0.25) is 0 Å². The Labute approximate surface area is 149 Å². The average molecular weight is 338 g/mol. The molecule has 0 aromatic heterocycles. The van der Waals surface area contributed by atoms with E-state index in [1.165, 1.54) is 41.7 Å². The van der Waals surface area contributed by atoms with Gasteiger partial charge in [-0.1, -0.05) is 86.9 Å². The molecule has 2 aromatic carbocycles. The Morgan fingerprint density at radius 1 is 0.833 bits per heavy atom. The summed E-state index contributed by atoms with van der Waals surface area (Å²) in [5.41, 5.74) is 4.76. The number of nitrogens with zero attached hydrogens (tertiary/aromatic N) is 1. The van der Waals surface area contributed by atoms with Gasteiger partial charge >= 0.3 is 0 Å². The maximum Gasteiger partial charge on any atom is 0.0708 e. The molecule has 0 saturated heterocycles. The highest BCUT2D eigenvalue weighted by Gasteiger charge is 2.12. The highest BCUT2D eigenvalue weighted by molar-refractivity contribution is 6.73. The van der Waals surface area contributed by atoms with Crippen molar-refractivity contribution in [1.82, 2.24) is 0 Å². The summed E-state index contributed by atoms with van der Waals surface area (Å²) in [7, 11) is 3.36. The molecular formula is C22H31NSi. The van der Waals surface area contributed by atoms with E-state index in [9.17, 15) is 0 Å². The number of benzene rings is 2. The van der Waals surface area contributed by atoms with Crippen LogP contribution in [0, 0.1) is 0 Å². The fourth-order valence-electron chi connectivity index (χ4n) is 3.26. The minimum absolute atomic E-state index is 0.771. The van der Waals surface area contributed by atoms with E-state index in [0.29, 0.717) is 0 Å². The van der Waals surface area contributed by atoms with Crippen molar-refractivity contribution in [3.63, 3.8) is 0 Å². The monoisotopic (exact) mass is 337 g/mol. The summed E-state index contributed by atoms with van der Waals surface area (Å²) in [5, 5.41) is 1.61. The molecule has 0 spiro atoms. The van der Waals surface area contributed by atoms with Gasteiger partial charge in [-0.15, -0.1) is 0 Å². The van der Waals surface area contributed by atoms with Crippen LogP contribution >= 0.6 is 0 Å². The van der Waals surface area contributed by atoms with E-state index >= 15 is 0 Å². The number of hydrogen-bond acceptors (Lipinski definition) is 1. The average Bonchev–Trinajstić information content (AvgIpc) is 2.61. The van der Waals surface area contributed by atoms with Crippen LogP contribution in [-0.4, -0.2) is 22.9 Å². The smallest absolute Gasteiger partial charge is 0.0708 e. The SMILES string of the molecule is C=C(c1ccc(N(C)C)cc1)c1ccc([SiH](CCC)CCC)cc1. The third kappa shape index (κ3) is 4.61. The Kier molecular flexibility index (Phi) is 6.86. The van der Waals surface area contributed by atoms with Crippen molar-refractivity contribution in [3.05, 3.63) is 66.2 Å². The molecule has 1 nitrogen and oxygen atoms in total. The van der Waals surface area contributed by atoms with Crippen LogP contribution in [0.1, 0.15) is 37.8 Å². The molecule has 0 radical (unpaired) electrons. The van der Waals surface area contributed by atoms with Crippen LogP contribution in [0.25, 0.3) is 5.57 Å². The molecule has 2 aromatic rings. The summed E-state index contributed by atoms with van der Waals surface area (Å²) in [6.07, 6.45) is 2.62. The summed E-state index contributed by atoms with van der Waals surface area (Å²) in [4.78, 5) is 2.12. The first kappa shape index (κ1) is 18.5. The molecule has 0 N–H and O–H groups in total. The van der Waals surface area contributed by atoms with E-state index < -0.39 is 8.80 Å². The van der Waals surface area contributed by atoms with Gasteiger partial charge < -0.3 is 4.90 Å². The lowest BCUT2D eigenvalue weighted by atomic mass is 9.99. The highest BCUT2D eigenvalue weighted by atomic mass is 28.3. The fourth-order valence-corrected chi connectivity index (χ4v) is 6.34. The lowest BCUT2D eigenvalue weighted by Crippen LogP contribution is -2.29. The first-order chi connectivity index (χ1) is 11.6. The molecule has 0 unspecified atom stereocenters. The zero-order chi connectivity index (χ0) is 17.5. The zero-order valence-electron chi connectivity index (χ0n) is 15.7. The van der Waals surface area contributed by atoms with E-state index in [0.717, 1.165) is 5.57 Å². The fraction of sp³-hybridized carbons (Fsp3) is 0.364. The minimum atomic E-state index is -0.771. The number of anilines is 1. The van der Waals surface area contributed by atoms with Gasteiger partial charge in [-0.05, 0) is 28.8 Å². The van der Waals surface area contributed by atoms with Gasteiger partial charge in [0.25, 0.3) is 0 Å². The maximum absolute atomic E-state index is 4.31. The quantitative estimate of drug-likeness (QED) is 0.608. The summed E-state index contributed by atoms with van der Waals surface area (Å²) in [6, 6.07) is 20.7. The van der Waals surface area contributed by atoms with Crippen LogP contribution in [-0.2, 0) is 0 Å². The van der Waals surface area contributed by atoms with E-state index in [1.807, 2.05) is 0 Å². The van der Waals surface area contributed by atoms with Crippen molar-refractivity contribution >= 4 is 25.2 Å². The minimum Gasteiger partial charge on any atom is -0.378 e. The van der Waals surface area contributed by atoms with E-state index in [-0.39, 0.29) is 0 Å². The third-order valence-electron chi connectivity index (χ3n) is 4.74. The van der Waals surface area contributed by atoms with Gasteiger partial charge in [-0.3, -0.25) is 0 Å². The molecule has 0 amide bonds. The normalized spacial score (nSPS) is 10.9. The van der Waals surface area contributed by atoms with Crippen LogP contribution in [0.15, 0.2) is 55.1 Å². The Morgan fingerprint density at radius 2 is 1.29 bits per heavy atom. The van der Waals surface area contributed by atoms with Crippen molar-refractivity contribution in [3.8, 4) is 0 Å². The largest absolute Gasteiger partial charge is 0.378 e. The van der Waals surface area contributed by atoms with E-state index in [2.05, 4.69) is 88.0 Å². The second-order valence-corrected chi connectivity index (χ2v) is 10.0. The zero-order valence-corrected chi connectivity index (χ0v) is 16.8. The van der Waals surface area contributed by atoms with Crippen LogP contribution in [0.4, 0.5) is 5.69 Å². The first-order valence-electron chi connectivity index (χ1n) is 9.13. The van der Waals surface area contributed by atoms with Gasteiger partial charge in [0.05, 0.1) is 8.80 Å². The predicted octanol–water partition coefficient (Wildman–Crippen LogP) is 5.07. The molecule has 2 heteroatoms. The van der Waals surface area contributed by atoms with Crippen LogP contribution < -0.4 is 10.1 Å². The molecule has 0 heterocycles. The second-order valence-electron chi connectivity index (χ2n) is 6.82. The van der Waals surface area contributed by atoms with Gasteiger partial charge in [0.1, 0.15) is 0 Å². The number of hydrogen-bond donors (Lipinski definition) is 0. The summed E-state index contributed by atoms with van der Waals surface area (Å²) >= 11 is 0. The second kappa shape index (κ2) is 8.88. The molecular weight excluding hydrogens is 306 g/mol. The summed E-state index contributed by atoms with van der Waals surface area (Å²) in [6.45, 7) is 8.93. The summed E-state index contributed by atoms with van der Waals surface area (Å²) < 4.78 is 0. The Morgan fingerprint density at radius 3 is 1.71 bits per heavy atom. The highest BCUT2D eigenvalue weighted by Crippen LogP contribution is 2.23. The van der Waals surface area contributed by atoms with Crippen LogP contribution in [0.3, 0.4) is 0 Å². The Balaban J connectivity index is 2.15. The topological polar surface area (TPSA) is 3.24 Å². The Bertz CT molecular complexity index is 635. The molecule has 0 aliphatic rings. The van der Waals surface area contributed by atoms with Gasteiger partial charge in [0, 0.05) is 19.8 Å². The number of rotatable bonds is 8. The maximum atomic E-state index is 4.31. The predicted molar refractivity (Wildman–Crippen MR) is 112 cm³/mol. The molecule has 128 valence electrons. The van der Waals surface area contributed by atoms with E-state index in [1.54, 1.807) is 5.19 Å². The van der Waals surface area contributed by atoms with Gasteiger partial charge in [0.15, 0.2) is 0 Å². The molecule has 24 heavy (non-hydrogen) atoms. The standard InChI is InChI=1S/C22H31NSi/c1-6-16-24(17-7-2)22-14-10-20(11-15-22)18(3)19-8-12-21(13-9-19)23(4)5/h8-15,24H,3,6-7,16-17H2,1-2,4-5H3. The first-order valence-corrected chi connectivity index (χ1v) is 11.3. The lowest BCUT2D eigenvalue weighted by Gasteiger charge is -2.16. The van der Waals surface area contributed by atoms with Crippen LogP contribution in [0.5, 0.6) is 0 Å². The van der Waals surface area contributed by atoms with Crippen molar-refractivity contribution in [2.24, 2.45) is 0 Å². The molecule has 0 bridgehead atoms. The van der Waals surface area contributed by atoms with Crippen molar-refractivity contribution in [2.75, 3.05) is 19.0 Å². The Hall–Kier alpha value is -1.80. The van der Waals surface area contributed by atoms with Crippen LogP contribution in [0.2, 0.25) is 12.1 Å². The van der Waals surface area contributed by atoms with Crippen molar-refractivity contribution < 1.29 is 0 Å². The molecule has 0 saturated carbocycles. The van der Waals surface area contributed by atoms with Gasteiger partial charge in [-0.2, -0.15) is 0 Å².